The number of rotatable bonds is 1. The van der Waals surface area contributed by atoms with Crippen molar-refractivity contribution in [3.05, 3.63) is 34.4 Å². The van der Waals surface area contributed by atoms with Crippen molar-refractivity contribution in [2.75, 3.05) is 0 Å². The Balaban J connectivity index is 0.00000196. The molecule has 0 atom stereocenters. The summed E-state index contributed by atoms with van der Waals surface area (Å²) < 4.78 is 0. The second-order valence-electron chi connectivity index (χ2n) is 5.04. The van der Waals surface area contributed by atoms with Crippen molar-refractivity contribution in [2.24, 2.45) is 5.73 Å². The molecule has 86 valence electrons. The van der Waals surface area contributed by atoms with Crippen LogP contribution in [0, 0.1) is 13.8 Å². The maximum absolute atomic E-state index is 5.71. The van der Waals surface area contributed by atoms with E-state index in [4.69, 9.17) is 5.73 Å². The Kier molecular flexibility index (Phi) is 4.82. The summed E-state index contributed by atoms with van der Waals surface area (Å²) in [6.07, 6.45) is 0. The molecule has 0 radical (unpaired) electrons. The number of hydrogen-bond acceptors (Lipinski definition) is 1. The summed E-state index contributed by atoms with van der Waals surface area (Å²) in [6.45, 7) is 11.6. The van der Waals surface area contributed by atoms with E-state index >= 15 is 0 Å². The molecular formula is C13H22ClN. The Bertz CT molecular complexity index is 314. The summed E-state index contributed by atoms with van der Waals surface area (Å²) >= 11 is 0. The Hall–Kier alpha value is -0.530. The SMILES string of the molecule is Cc1cc(C(C)(C)C)cc(C)c1CN.Cl. The van der Waals surface area contributed by atoms with E-state index in [-0.39, 0.29) is 17.8 Å². The third kappa shape index (κ3) is 3.22. The lowest BCUT2D eigenvalue weighted by molar-refractivity contribution is 0.588. The third-order valence-corrected chi connectivity index (χ3v) is 2.77. The lowest BCUT2D eigenvalue weighted by Gasteiger charge is -2.22. The normalized spacial score (nSPS) is 11.1. The molecule has 1 aromatic rings. The van der Waals surface area contributed by atoms with E-state index in [9.17, 15) is 0 Å². The molecule has 0 amide bonds. The summed E-state index contributed by atoms with van der Waals surface area (Å²) in [7, 11) is 0. The van der Waals surface area contributed by atoms with Crippen molar-refractivity contribution < 1.29 is 0 Å². The molecule has 0 aromatic heterocycles. The lowest BCUT2D eigenvalue weighted by Crippen LogP contribution is -2.13. The molecule has 0 heterocycles. The van der Waals surface area contributed by atoms with Gasteiger partial charge in [-0.25, -0.2) is 0 Å². The van der Waals surface area contributed by atoms with Crippen LogP contribution < -0.4 is 5.73 Å². The average molecular weight is 228 g/mol. The van der Waals surface area contributed by atoms with Crippen molar-refractivity contribution in [3.63, 3.8) is 0 Å². The van der Waals surface area contributed by atoms with Crippen LogP contribution in [0.2, 0.25) is 0 Å². The van der Waals surface area contributed by atoms with E-state index in [2.05, 4.69) is 46.8 Å². The second-order valence-corrected chi connectivity index (χ2v) is 5.04. The maximum Gasteiger partial charge on any atom is 0.0183 e. The molecule has 0 fully saturated rings. The van der Waals surface area contributed by atoms with E-state index in [0.29, 0.717) is 6.54 Å². The van der Waals surface area contributed by atoms with Gasteiger partial charge >= 0.3 is 0 Å². The van der Waals surface area contributed by atoms with Crippen LogP contribution in [0.25, 0.3) is 0 Å². The van der Waals surface area contributed by atoms with Gasteiger partial charge in [0.2, 0.25) is 0 Å². The molecule has 1 rings (SSSR count). The maximum atomic E-state index is 5.71. The lowest BCUT2D eigenvalue weighted by atomic mass is 9.84. The molecule has 0 aliphatic carbocycles. The molecule has 0 saturated carbocycles. The van der Waals surface area contributed by atoms with Gasteiger partial charge in [0.1, 0.15) is 0 Å². The topological polar surface area (TPSA) is 26.0 Å². The molecule has 2 N–H and O–H groups in total. The Morgan fingerprint density at radius 2 is 1.47 bits per heavy atom. The highest BCUT2D eigenvalue weighted by molar-refractivity contribution is 5.85. The molecule has 0 bridgehead atoms. The minimum atomic E-state index is 0. The largest absolute Gasteiger partial charge is 0.326 e. The van der Waals surface area contributed by atoms with Gasteiger partial charge in [0.05, 0.1) is 0 Å². The van der Waals surface area contributed by atoms with Crippen LogP contribution in [-0.2, 0) is 12.0 Å². The number of halogens is 1. The van der Waals surface area contributed by atoms with Gasteiger partial charge in [-0.05, 0) is 41.5 Å². The van der Waals surface area contributed by atoms with Crippen molar-refractivity contribution in [2.45, 2.75) is 46.6 Å². The van der Waals surface area contributed by atoms with Crippen LogP contribution in [0.1, 0.15) is 43.0 Å². The fraction of sp³-hybridized carbons (Fsp3) is 0.538. The van der Waals surface area contributed by atoms with Gasteiger partial charge in [0.15, 0.2) is 0 Å². The highest BCUT2D eigenvalue weighted by Gasteiger charge is 2.15. The van der Waals surface area contributed by atoms with Crippen molar-refractivity contribution in [3.8, 4) is 0 Å². The average Bonchev–Trinajstić information content (AvgIpc) is 2.01. The first-order chi connectivity index (χ1) is 6.36. The van der Waals surface area contributed by atoms with Crippen LogP contribution in [0.3, 0.4) is 0 Å². The summed E-state index contributed by atoms with van der Waals surface area (Å²) in [5.74, 6) is 0. The molecule has 15 heavy (non-hydrogen) atoms. The zero-order chi connectivity index (χ0) is 10.9. The van der Waals surface area contributed by atoms with E-state index in [1.807, 2.05) is 0 Å². The van der Waals surface area contributed by atoms with Gasteiger partial charge in [0, 0.05) is 6.54 Å². The van der Waals surface area contributed by atoms with Gasteiger partial charge in [0.25, 0.3) is 0 Å². The van der Waals surface area contributed by atoms with Gasteiger partial charge in [-0.15, -0.1) is 12.4 Å². The van der Waals surface area contributed by atoms with E-state index < -0.39 is 0 Å². The molecular weight excluding hydrogens is 206 g/mol. The number of nitrogens with two attached hydrogens (primary N) is 1. The Morgan fingerprint density at radius 1 is 1.07 bits per heavy atom. The summed E-state index contributed by atoms with van der Waals surface area (Å²) in [5, 5.41) is 0. The molecule has 2 heteroatoms. The van der Waals surface area contributed by atoms with Crippen molar-refractivity contribution >= 4 is 12.4 Å². The highest BCUT2D eigenvalue weighted by atomic mass is 35.5. The van der Waals surface area contributed by atoms with Crippen molar-refractivity contribution in [1.29, 1.82) is 0 Å². The van der Waals surface area contributed by atoms with Crippen molar-refractivity contribution in [1.82, 2.24) is 0 Å². The molecule has 0 spiro atoms. The molecule has 0 saturated heterocycles. The minimum Gasteiger partial charge on any atom is -0.326 e. The molecule has 0 aliphatic rings. The number of hydrogen-bond donors (Lipinski definition) is 1. The quantitative estimate of drug-likeness (QED) is 0.781. The first kappa shape index (κ1) is 14.5. The molecule has 1 aromatic carbocycles. The fourth-order valence-corrected chi connectivity index (χ4v) is 1.75. The van der Waals surface area contributed by atoms with Gasteiger partial charge < -0.3 is 5.73 Å². The summed E-state index contributed by atoms with van der Waals surface area (Å²) in [4.78, 5) is 0. The van der Waals surface area contributed by atoms with E-state index in [0.717, 1.165) is 0 Å². The fourth-order valence-electron chi connectivity index (χ4n) is 1.75. The van der Waals surface area contributed by atoms with Gasteiger partial charge in [-0.1, -0.05) is 32.9 Å². The first-order valence-corrected chi connectivity index (χ1v) is 5.17. The third-order valence-electron chi connectivity index (χ3n) is 2.77. The van der Waals surface area contributed by atoms with Crippen LogP contribution >= 0.6 is 12.4 Å². The monoisotopic (exact) mass is 227 g/mol. The standard InChI is InChI=1S/C13H21N.ClH/c1-9-6-11(13(3,4)5)7-10(2)12(9)8-14;/h6-7H,8,14H2,1-5H3;1H. The number of benzene rings is 1. The highest BCUT2D eigenvalue weighted by Crippen LogP contribution is 2.26. The molecule has 1 nitrogen and oxygen atoms in total. The van der Waals surface area contributed by atoms with Crippen LogP contribution in [0.5, 0.6) is 0 Å². The molecule has 0 aliphatic heterocycles. The number of aryl methyl sites for hydroxylation is 2. The summed E-state index contributed by atoms with van der Waals surface area (Å²) in [5.41, 5.74) is 11.3. The predicted molar refractivity (Wildman–Crippen MR) is 69.8 cm³/mol. The van der Waals surface area contributed by atoms with Gasteiger partial charge in [-0.3, -0.25) is 0 Å². The smallest absolute Gasteiger partial charge is 0.0183 e. The van der Waals surface area contributed by atoms with E-state index in [1.165, 1.54) is 22.3 Å². The predicted octanol–water partition coefficient (Wildman–Crippen LogP) is 3.48. The Morgan fingerprint density at radius 3 is 1.73 bits per heavy atom. The zero-order valence-corrected chi connectivity index (χ0v) is 11.2. The molecule has 0 unspecified atom stereocenters. The van der Waals surface area contributed by atoms with Crippen LogP contribution in [0.4, 0.5) is 0 Å². The minimum absolute atomic E-state index is 0. The van der Waals surface area contributed by atoms with Gasteiger partial charge in [-0.2, -0.15) is 0 Å². The zero-order valence-electron chi connectivity index (χ0n) is 10.3. The second kappa shape index (κ2) is 5.00. The van der Waals surface area contributed by atoms with E-state index in [1.54, 1.807) is 0 Å². The Labute approximate surface area is 99.5 Å². The first-order valence-electron chi connectivity index (χ1n) is 5.17. The van der Waals surface area contributed by atoms with Crippen LogP contribution in [0.15, 0.2) is 12.1 Å². The van der Waals surface area contributed by atoms with Crippen LogP contribution in [-0.4, -0.2) is 0 Å². The summed E-state index contributed by atoms with van der Waals surface area (Å²) in [6, 6.07) is 4.52.